The molecule has 0 heterocycles. The molecule has 0 aliphatic carbocycles. The van der Waals surface area contributed by atoms with Gasteiger partial charge >= 0.3 is 23.9 Å². The Hall–Kier alpha value is -0.730. The van der Waals surface area contributed by atoms with Gasteiger partial charge in [0.2, 0.25) is 5.90 Å². The van der Waals surface area contributed by atoms with Crippen LogP contribution in [0.3, 0.4) is 0 Å². The van der Waals surface area contributed by atoms with Gasteiger partial charge in [-0.3, -0.25) is 19.2 Å². The SMILES string of the molecule is C.CCOC(=O)CC(C[P+](C)=S)C(=O)OCC.CCOC(=O)CC(S[P+](C)=S)C(=O)OCC. The molecule has 0 spiro atoms. The van der Waals surface area contributed by atoms with Crippen LogP contribution >= 0.6 is 24.0 Å². The summed E-state index contributed by atoms with van der Waals surface area (Å²) in [5.41, 5.74) is 0. The lowest BCUT2D eigenvalue weighted by atomic mass is 10.1. The van der Waals surface area contributed by atoms with Crippen molar-refractivity contribution >= 4 is 71.5 Å². The molecule has 8 nitrogen and oxygen atoms in total. The smallest absolute Gasteiger partial charge is 0.323 e. The van der Waals surface area contributed by atoms with E-state index < -0.39 is 23.8 Å². The van der Waals surface area contributed by atoms with Gasteiger partial charge in [-0.25, -0.2) is 0 Å². The zero-order valence-corrected chi connectivity index (χ0v) is 23.7. The Morgan fingerprint density at radius 1 is 0.758 bits per heavy atom. The number of rotatable bonds is 14. The molecule has 0 radical (unpaired) electrons. The molecule has 0 saturated heterocycles. The van der Waals surface area contributed by atoms with Crippen molar-refractivity contribution in [1.82, 2.24) is 0 Å². The van der Waals surface area contributed by atoms with Crippen LogP contribution in [-0.4, -0.2) is 75.0 Å². The van der Waals surface area contributed by atoms with Crippen molar-refractivity contribution in [3.05, 3.63) is 0 Å². The highest BCUT2D eigenvalue weighted by Crippen LogP contribution is 2.39. The van der Waals surface area contributed by atoms with E-state index in [0.29, 0.717) is 32.6 Å². The molecular formula is C20H38O8P2S3+2. The fourth-order valence-corrected chi connectivity index (χ4v) is 6.82. The molecular weight excluding hydrogens is 526 g/mol. The Kier molecular flexibility index (Phi) is 25.7. The summed E-state index contributed by atoms with van der Waals surface area (Å²) in [6, 6.07) is 0. The van der Waals surface area contributed by atoms with Gasteiger partial charge < -0.3 is 18.9 Å². The summed E-state index contributed by atoms with van der Waals surface area (Å²) in [4.78, 5) is 45.6. The average molecular weight is 565 g/mol. The highest BCUT2D eigenvalue weighted by molar-refractivity contribution is 8.64. The predicted octanol–water partition coefficient (Wildman–Crippen LogP) is 4.42. The fourth-order valence-electron chi connectivity index (χ4n) is 2.16. The number of esters is 4. The lowest BCUT2D eigenvalue weighted by molar-refractivity contribution is -0.153. The summed E-state index contributed by atoms with van der Waals surface area (Å²) < 4.78 is 19.4. The van der Waals surface area contributed by atoms with Crippen molar-refractivity contribution in [2.45, 2.75) is 53.2 Å². The van der Waals surface area contributed by atoms with Crippen LogP contribution in [0, 0.1) is 5.92 Å². The van der Waals surface area contributed by atoms with Gasteiger partial charge in [-0.2, -0.15) is 0 Å². The maximum absolute atomic E-state index is 11.6. The maximum atomic E-state index is 11.6. The van der Waals surface area contributed by atoms with Crippen LogP contribution < -0.4 is 0 Å². The van der Waals surface area contributed by atoms with Crippen LogP contribution in [0.15, 0.2) is 0 Å². The standard InChI is InChI=1S/C10H18O4PS.C9H16O4PS2.CH4/c1-4-13-9(11)6-8(7-15(3)16)10(12)14-5-2;1-4-12-8(10)6-7(16-14(3)15)9(11)13-5-2;/h8H,4-7H2,1-3H3;7H,4-6H2,1-3H3;1H4/q2*+1;. The summed E-state index contributed by atoms with van der Waals surface area (Å²) >= 11 is 11.4. The maximum Gasteiger partial charge on any atom is 0.323 e. The van der Waals surface area contributed by atoms with Crippen LogP contribution in [0.25, 0.3) is 0 Å². The molecule has 0 rings (SSSR count). The molecule has 0 aliphatic rings. The molecule has 192 valence electrons. The van der Waals surface area contributed by atoms with E-state index in [9.17, 15) is 19.2 Å². The molecule has 0 fully saturated rings. The predicted molar refractivity (Wildman–Crippen MR) is 143 cm³/mol. The van der Waals surface area contributed by atoms with Gasteiger partial charge in [0.15, 0.2) is 35.6 Å². The molecule has 0 aromatic carbocycles. The fraction of sp³-hybridized carbons (Fsp3) is 0.800. The van der Waals surface area contributed by atoms with Crippen LogP contribution in [0.5, 0.6) is 0 Å². The average Bonchev–Trinajstić information content (AvgIpc) is 2.67. The first-order valence-electron chi connectivity index (χ1n) is 10.1. The lowest BCUT2D eigenvalue weighted by Gasteiger charge is -2.10. The Morgan fingerprint density at radius 2 is 1.18 bits per heavy atom. The second kappa shape index (κ2) is 23.0. The molecule has 4 atom stereocenters. The zero-order valence-electron chi connectivity index (χ0n) is 19.5. The van der Waals surface area contributed by atoms with E-state index in [-0.39, 0.29) is 44.1 Å². The summed E-state index contributed by atoms with van der Waals surface area (Å²) in [6.45, 7) is 11.3. The third-order valence-electron chi connectivity index (χ3n) is 3.30. The number of carbonyl (C=O) groups excluding carboxylic acids is 4. The second-order valence-corrected chi connectivity index (χ2v) is 15.8. The molecule has 0 amide bonds. The van der Waals surface area contributed by atoms with Gasteiger partial charge in [0.05, 0.1) is 39.3 Å². The summed E-state index contributed by atoms with van der Waals surface area (Å²) in [5.74, 6) is -2.68. The molecule has 0 bridgehead atoms. The van der Waals surface area contributed by atoms with Crippen molar-refractivity contribution in [2.24, 2.45) is 5.92 Å². The van der Waals surface area contributed by atoms with Crippen LogP contribution in [-0.2, 0) is 61.7 Å². The Balaban J connectivity index is -0.000000529. The Labute approximate surface area is 214 Å². The first-order chi connectivity index (χ1) is 15.0. The molecule has 0 aliphatic heterocycles. The van der Waals surface area contributed by atoms with E-state index >= 15 is 0 Å². The second-order valence-electron chi connectivity index (χ2n) is 6.06. The van der Waals surface area contributed by atoms with Gasteiger partial charge in [-0.1, -0.05) is 7.43 Å². The Morgan fingerprint density at radius 3 is 1.58 bits per heavy atom. The van der Waals surface area contributed by atoms with Gasteiger partial charge in [-0.05, 0) is 27.7 Å². The number of hydrogen-bond donors (Lipinski definition) is 0. The molecule has 4 unspecified atom stereocenters. The summed E-state index contributed by atoms with van der Waals surface area (Å²) in [6.07, 6.45) is 0.624. The van der Waals surface area contributed by atoms with Gasteiger partial charge in [0, 0.05) is 0 Å². The zero-order chi connectivity index (χ0) is 25.1. The number of carbonyl (C=O) groups is 4. The normalized spacial score (nSPS) is 12.4. The van der Waals surface area contributed by atoms with E-state index in [1.807, 2.05) is 13.3 Å². The number of ether oxygens (including phenoxy) is 4. The van der Waals surface area contributed by atoms with Crippen molar-refractivity contribution in [3.8, 4) is 0 Å². The minimum absolute atomic E-state index is 0. The van der Waals surface area contributed by atoms with Crippen LogP contribution in [0.2, 0.25) is 0 Å². The molecule has 0 N–H and O–H groups in total. The van der Waals surface area contributed by atoms with Crippen LogP contribution in [0.4, 0.5) is 0 Å². The highest BCUT2D eigenvalue weighted by Gasteiger charge is 2.30. The van der Waals surface area contributed by atoms with E-state index in [1.165, 1.54) is 11.4 Å². The molecule has 0 aromatic rings. The topological polar surface area (TPSA) is 105 Å². The summed E-state index contributed by atoms with van der Waals surface area (Å²) in [7, 11) is 0. The van der Waals surface area contributed by atoms with Crippen molar-refractivity contribution in [3.63, 3.8) is 0 Å². The Bertz CT molecular complexity index is 593. The minimum atomic E-state index is -0.731. The third kappa shape index (κ3) is 21.5. The quantitative estimate of drug-likeness (QED) is 0.170. The van der Waals surface area contributed by atoms with Crippen molar-refractivity contribution < 1.29 is 38.1 Å². The molecule has 0 saturated carbocycles. The van der Waals surface area contributed by atoms with Gasteiger partial charge in [-0.15, -0.1) is 0 Å². The van der Waals surface area contributed by atoms with Crippen LogP contribution in [0.1, 0.15) is 48.0 Å². The minimum Gasteiger partial charge on any atom is -0.466 e. The van der Waals surface area contributed by atoms with Gasteiger partial charge in [0.1, 0.15) is 36.8 Å². The van der Waals surface area contributed by atoms with Crippen molar-refractivity contribution in [1.29, 1.82) is 0 Å². The molecule has 33 heavy (non-hydrogen) atoms. The monoisotopic (exact) mass is 564 g/mol. The van der Waals surface area contributed by atoms with Crippen molar-refractivity contribution in [2.75, 3.05) is 45.9 Å². The van der Waals surface area contributed by atoms with E-state index in [2.05, 4.69) is 0 Å². The first kappa shape index (κ1) is 36.8. The molecule has 13 heteroatoms. The largest absolute Gasteiger partial charge is 0.466 e. The molecule has 0 aromatic heterocycles. The summed E-state index contributed by atoms with van der Waals surface area (Å²) in [5, 5.41) is -0.535. The van der Waals surface area contributed by atoms with Gasteiger partial charge in [0.25, 0.3) is 0 Å². The highest BCUT2D eigenvalue weighted by atomic mass is 32.9. The first-order valence-corrected chi connectivity index (χ1v) is 17.4. The lowest BCUT2D eigenvalue weighted by Crippen LogP contribution is -2.24. The number of hydrogen-bond acceptors (Lipinski definition) is 11. The van der Waals surface area contributed by atoms with E-state index in [1.54, 1.807) is 27.7 Å². The van der Waals surface area contributed by atoms with E-state index in [4.69, 9.17) is 42.6 Å². The third-order valence-corrected chi connectivity index (χ3v) is 8.04. The van der Waals surface area contributed by atoms with E-state index in [0.717, 1.165) is 0 Å².